The lowest BCUT2D eigenvalue weighted by molar-refractivity contribution is -0.139. The molecule has 0 unspecified atom stereocenters. The number of aromatic nitrogens is 1. The molecule has 26 heavy (non-hydrogen) atoms. The largest absolute Gasteiger partial charge is 0.497 e. The first-order valence-electron chi connectivity index (χ1n) is 8.11. The van der Waals surface area contributed by atoms with E-state index in [0.717, 1.165) is 27.2 Å². The summed E-state index contributed by atoms with van der Waals surface area (Å²) in [6, 6.07) is 15.0. The summed E-state index contributed by atoms with van der Waals surface area (Å²) in [5.41, 5.74) is 2.26. The number of hydrogen-bond donors (Lipinski definition) is 1. The molecule has 3 rings (SSSR count). The van der Waals surface area contributed by atoms with Crippen LogP contribution < -0.4 is 4.74 Å². The molecule has 0 atom stereocenters. The van der Waals surface area contributed by atoms with Crippen LogP contribution in [-0.2, 0) is 9.53 Å². The number of thioether (sulfide) groups is 1. The first-order valence-corrected chi connectivity index (χ1v) is 9.10. The summed E-state index contributed by atoms with van der Waals surface area (Å²) in [6.07, 6.45) is 0. The maximum atomic E-state index is 12.5. The first kappa shape index (κ1) is 18.1. The number of fused-ring (bicyclic) bond motifs is 1. The Morgan fingerprint density at radius 3 is 2.54 bits per heavy atom. The summed E-state index contributed by atoms with van der Waals surface area (Å²) < 4.78 is 10.2. The zero-order valence-electron chi connectivity index (χ0n) is 14.6. The summed E-state index contributed by atoms with van der Waals surface area (Å²) in [6.45, 7) is 1.58. The van der Waals surface area contributed by atoms with Crippen LogP contribution in [0.5, 0.6) is 5.75 Å². The van der Waals surface area contributed by atoms with Crippen molar-refractivity contribution in [3.63, 3.8) is 0 Å². The maximum Gasteiger partial charge on any atom is 0.316 e. The minimum absolute atomic E-state index is 0.145. The van der Waals surface area contributed by atoms with E-state index in [4.69, 9.17) is 9.47 Å². The number of para-hydroxylation sites is 1. The lowest BCUT2D eigenvalue weighted by atomic mass is 10.1. The smallest absolute Gasteiger partial charge is 0.316 e. The number of ether oxygens (including phenoxy) is 2. The number of ketones is 1. The third-order valence-electron chi connectivity index (χ3n) is 3.95. The van der Waals surface area contributed by atoms with Crippen LogP contribution >= 0.6 is 11.8 Å². The van der Waals surface area contributed by atoms with Gasteiger partial charge in [0.1, 0.15) is 5.75 Å². The molecule has 0 amide bonds. The Balaban J connectivity index is 1.55. The predicted molar refractivity (Wildman–Crippen MR) is 102 cm³/mol. The van der Waals surface area contributed by atoms with E-state index in [1.807, 2.05) is 55.5 Å². The third kappa shape index (κ3) is 4.08. The number of Topliss-reactive ketones (excluding diaryl/α,β-unsaturated/α-hetero) is 1. The van der Waals surface area contributed by atoms with Gasteiger partial charge in [0.05, 0.1) is 12.9 Å². The van der Waals surface area contributed by atoms with Gasteiger partial charge in [-0.2, -0.15) is 0 Å². The number of benzene rings is 2. The fourth-order valence-corrected chi connectivity index (χ4v) is 3.41. The van der Waals surface area contributed by atoms with Gasteiger partial charge in [-0.25, -0.2) is 0 Å². The van der Waals surface area contributed by atoms with Gasteiger partial charge in [-0.05, 0) is 37.3 Å². The Morgan fingerprint density at radius 1 is 1.08 bits per heavy atom. The van der Waals surface area contributed by atoms with Crippen LogP contribution in [0.15, 0.2) is 53.4 Å². The normalized spacial score (nSPS) is 10.7. The van der Waals surface area contributed by atoms with Gasteiger partial charge >= 0.3 is 5.97 Å². The molecule has 2 aromatic carbocycles. The maximum absolute atomic E-state index is 12.5. The molecular weight excluding hydrogens is 350 g/mol. The van der Waals surface area contributed by atoms with Crippen LogP contribution in [0.25, 0.3) is 10.9 Å². The van der Waals surface area contributed by atoms with E-state index in [-0.39, 0.29) is 18.1 Å². The van der Waals surface area contributed by atoms with Crippen LogP contribution in [-0.4, -0.2) is 36.2 Å². The average molecular weight is 369 g/mol. The molecule has 0 spiro atoms. The molecule has 1 heterocycles. The van der Waals surface area contributed by atoms with E-state index in [0.29, 0.717) is 5.56 Å². The number of H-pyrrole nitrogens is 1. The average Bonchev–Trinajstić information content (AvgIpc) is 3.00. The highest BCUT2D eigenvalue weighted by molar-refractivity contribution is 8.00. The molecule has 0 bridgehead atoms. The fourth-order valence-electron chi connectivity index (χ4n) is 2.71. The summed E-state index contributed by atoms with van der Waals surface area (Å²) in [5.74, 6) is 0.281. The number of carbonyl (C=O) groups is 2. The molecule has 134 valence electrons. The van der Waals surface area contributed by atoms with Crippen molar-refractivity contribution in [3.05, 3.63) is 59.8 Å². The van der Waals surface area contributed by atoms with E-state index in [1.54, 1.807) is 7.11 Å². The van der Waals surface area contributed by atoms with Crippen molar-refractivity contribution >= 4 is 34.4 Å². The Morgan fingerprint density at radius 2 is 1.81 bits per heavy atom. The number of methoxy groups -OCH3 is 1. The molecule has 1 aromatic heterocycles. The highest BCUT2D eigenvalue weighted by Gasteiger charge is 2.17. The van der Waals surface area contributed by atoms with Gasteiger partial charge < -0.3 is 14.5 Å². The zero-order valence-corrected chi connectivity index (χ0v) is 15.4. The van der Waals surface area contributed by atoms with E-state index in [2.05, 4.69) is 4.98 Å². The highest BCUT2D eigenvalue weighted by atomic mass is 32.2. The van der Waals surface area contributed by atoms with Crippen LogP contribution in [0.1, 0.15) is 16.1 Å². The van der Waals surface area contributed by atoms with Crippen LogP contribution in [0.3, 0.4) is 0 Å². The molecule has 5 nitrogen and oxygen atoms in total. The number of rotatable bonds is 7. The Labute approximate surface area is 155 Å². The molecule has 0 aliphatic carbocycles. The molecule has 3 aromatic rings. The van der Waals surface area contributed by atoms with Crippen LogP contribution in [0.4, 0.5) is 0 Å². The van der Waals surface area contributed by atoms with E-state index in [9.17, 15) is 9.59 Å². The first-order chi connectivity index (χ1) is 12.6. The minimum atomic E-state index is -0.420. The summed E-state index contributed by atoms with van der Waals surface area (Å²) in [4.78, 5) is 28.5. The lowest BCUT2D eigenvalue weighted by Crippen LogP contribution is -2.16. The summed E-state index contributed by atoms with van der Waals surface area (Å²) in [5, 5.41) is 0.846. The predicted octanol–water partition coefficient (Wildman–Crippen LogP) is 4.00. The SMILES string of the molecule is COc1ccc(SCC(=O)OCC(=O)c2c(C)[nH]c3ccccc23)cc1. The zero-order chi connectivity index (χ0) is 18.5. The standard InChI is InChI=1S/C20H19NO4S/c1-13-20(16-5-3-4-6-17(16)21-13)18(22)11-25-19(23)12-26-15-9-7-14(24-2)8-10-15/h3-10,21H,11-12H2,1-2H3. The molecule has 0 saturated carbocycles. The number of aromatic amines is 1. The number of aryl methyl sites for hydroxylation is 1. The van der Waals surface area contributed by atoms with Gasteiger partial charge in [0.25, 0.3) is 0 Å². The molecule has 6 heteroatoms. The van der Waals surface area contributed by atoms with Gasteiger partial charge in [-0.1, -0.05) is 18.2 Å². The number of hydrogen-bond acceptors (Lipinski definition) is 5. The van der Waals surface area contributed by atoms with Gasteiger partial charge in [-0.3, -0.25) is 9.59 Å². The quantitative estimate of drug-likeness (QED) is 0.387. The molecule has 0 aliphatic heterocycles. The van der Waals surface area contributed by atoms with Crippen LogP contribution in [0, 0.1) is 6.92 Å². The molecule has 0 aliphatic rings. The molecule has 1 N–H and O–H groups in total. The van der Waals surface area contributed by atoms with Gasteiger partial charge in [0, 0.05) is 27.1 Å². The van der Waals surface area contributed by atoms with Crippen molar-refractivity contribution < 1.29 is 19.1 Å². The number of esters is 1. The van der Waals surface area contributed by atoms with E-state index >= 15 is 0 Å². The van der Waals surface area contributed by atoms with Gasteiger partial charge in [0.15, 0.2) is 6.61 Å². The van der Waals surface area contributed by atoms with Crippen molar-refractivity contribution in [2.24, 2.45) is 0 Å². The van der Waals surface area contributed by atoms with E-state index < -0.39 is 5.97 Å². The summed E-state index contributed by atoms with van der Waals surface area (Å²) in [7, 11) is 1.60. The lowest BCUT2D eigenvalue weighted by Gasteiger charge is -2.05. The van der Waals surface area contributed by atoms with Crippen molar-refractivity contribution in [1.82, 2.24) is 4.98 Å². The Kier molecular flexibility index (Phi) is 5.63. The Bertz CT molecular complexity index is 931. The fraction of sp³-hybridized carbons (Fsp3) is 0.200. The van der Waals surface area contributed by atoms with Gasteiger partial charge in [0.2, 0.25) is 5.78 Å². The second-order valence-electron chi connectivity index (χ2n) is 5.72. The highest BCUT2D eigenvalue weighted by Crippen LogP contribution is 2.23. The van der Waals surface area contributed by atoms with Gasteiger partial charge in [-0.15, -0.1) is 11.8 Å². The second-order valence-corrected chi connectivity index (χ2v) is 6.77. The topological polar surface area (TPSA) is 68.4 Å². The molecule has 0 fully saturated rings. The minimum Gasteiger partial charge on any atom is -0.497 e. The van der Waals surface area contributed by atoms with Crippen molar-refractivity contribution in [2.75, 3.05) is 19.5 Å². The molecular formula is C20H19NO4S. The summed E-state index contributed by atoms with van der Waals surface area (Å²) >= 11 is 1.35. The Hall–Kier alpha value is -2.73. The number of carbonyl (C=O) groups excluding carboxylic acids is 2. The monoisotopic (exact) mass is 369 g/mol. The van der Waals surface area contributed by atoms with Crippen molar-refractivity contribution in [3.8, 4) is 5.75 Å². The van der Waals surface area contributed by atoms with Crippen molar-refractivity contribution in [2.45, 2.75) is 11.8 Å². The van der Waals surface area contributed by atoms with Crippen LogP contribution in [0.2, 0.25) is 0 Å². The molecule has 0 radical (unpaired) electrons. The number of nitrogens with one attached hydrogen (secondary N) is 1. The third-order valence-corrected chi connectivity index (χ3v) is 4.94. The second kappa shape index (κ2) is 8.10. The van der Waals surface area contributed by atoms with Crippen molar-refractivity contribution in [1.29, 1.82) is 0 Å². The van der Waals surface area contributed by atoms with E-state index in [1.165, 1.54) is 11.8 Å². The molecule has 0 saturated heterocycles.